The van der Waals surface area contributed by atoms with Crippen molar-refractivity contribution in [3.8, 4) is 0 Å². The summed E-state index contributed by atoms with van der Waals surface area (Å²) in [5.41, 5.74) is 3.42. The molecular weight excluding hydrogens is 348 g/mol. The van der Waals surface area contributed by atoms with E-state index in [-0.39, 0.29) is 4.90 Å². The van der Waals surface area contributed by atoms with Crippen LogP contribution in [0.3, 0.4) is 0 Å². The van der Waals surface area contributed by atoms with Crippen molar-refractivity contribution in [1.82, 2.24) is 14.9 Å². The third-order valence-electron chi connectivity index (χ3n) is 5.21. The maximum Gasteiger partial charge on any atom is 0.238 e. The second-order valence-corrected chi connectivity index (χ2v) is 8.46. The largest absolute Gasteiger partial charge is 0.360 e. The van der Waals surface area contributed by atoms with E-state index < -0.39 is 10.0 Å². The van der Waals surface area contributed by atoms with Crippen LogP contribution in [-0.2, 0) is 16.6 Å². The number of hydrogen-bond acceptors (Lipinski definition) is 4. The van der Waals surface area contributed by atoms with Crippen LogP contribution in [0.25, 0.3) is 10.9 Å². The van der Waals surface area contributed by atoms with Crippen LogP contribution in [0.4, 0.5) is 0 Å². The minimum absolute atomic E-state index is 0.199. The van der Waals surface area contributed by atoms with Crippen LogP contribution in [0.2, 0.25) is 0 Å². The third-order valence-corrected chi connectivity index (χ3v) is 6.12. The lowest BCUT2D eigenvalue weighted by Crippen LogP contribution is -2.32. The Labute approximate surface area is 153 Å². The maximum atomic E-state index is 11.6. The first-order chi connectivity index (χ1) is 12.5. The molecule has 3 N–H and O–H groups in total. The summed E-state index contributed by atoms with van der Waals surface area (Å²) in [6, 6.07) is 9.11. The predicted octanol–water partition coefficient (Wildman–Crippen LogP) is 2.59. The summed E-state index contributed by atoms with van der Waals surface area (Å²) in [5, 5.41) is 6.48. The van der Waals surface area contributed by atoms with Crippen molar-refractivity contribution < 1.29 is 8.42 Å². The summed E-state index contributed by atoms with van der Waals surface area (Å²) >= 11 is 0. The fraction of sp³-hybridized carbons (Fsp3) is 0.316. The summed E-state index contributed by atoms with van der Waals surface area (Å²) in [5.74, 6) is 0.375. The van der Waals surface area contributed by atoms with Crippen LogP contribution in [0.1, 0.15) is 29.9 Å². The van der Waals surface area contributed by atoms with Gasteiger partial charge < -0.3 is 4.98 Å². The molecule has 7 heteroatoms. The predicted molar refractivity (Wildman–Crippen MR) is 101 cm³/mol. The van der Waals surface area contributed by atoms with E-state index in [1.807, 2.05) is 24.5 Å². The highest BCUT2D eigenvalue weighted by Crippen LogP contribution is 2.30. The number of piperidine rings is 1. The topological polar surface area (TPSA) is 92.1 Å². The van der Waals surface area contributed by atoms with Gasteiger partial charge in [0.05, 0.1) is 16.6 Å². The van der Waals surface area contributed by atoms with Crippen LogP contribution < -0.4 is 5.14 Å². The molecule has 0 aliphatic carbocycles. The molecule has 0 unspecified atom stereocenters. The molecule has 0 saturated carbocycles. The average molecular weight is 370 g/mol. The first-order valence-corrected chi connectivity index (χ1v) is 10.3. The minimum atomic E-state index is -3.65. The van der Waals surface area contributed by atoms with Crippen LogP contribution in [0.5, 0.6) is 0 Å². The third kappa shape index (κ3) is 3.51. The number of likely N-dealkylation sites (tertiary alicyclic amines) is 1. The standard InChI is InChI=1S/C19H22N4O2S/c20-26(24,25)17-3-1-2-15(10-17)14-5-8-23(9-6-14)13-16-11-22-19-12-21-7-4-18(16)19/h1-4,7,10-12,14,22H,5-6,8-9,13H2,(H2,20,24,25). The van der Waals surface area contributed by atoms with Gasteiger partial charge in [0.25, 0.3) is 0 Å². The minimum Gasteiger partial charge on any atom is -0.360 e. The summed E-state index contributed by atoms with van der Waals surface area (Å²) < 4.78 is 23.1. The molecule has 26 heavy (non-hydrogen) atoms. The highest BCUT2D eigenvalue weighted by molar-refractivity contribution is 7.89. The zero-order valence-electron chi connectivity index (χ0n) is 14.4. The first kappa shape index (κ1) is 17.2. The van der Waals surface area contributed by atoms with E-state index >= 15 is 0 Å². The zero-order valence-corrected chi connectivity index (χ0v) is 15.2. The number of primary sulfonamides is 1. The number of rotatable bonds is 4. The van der Waals surface area contributed by atoms with Crippen molar-refractivity contribution >= 4 is 20.9 Å². The summed E-state index contributed by atoms with van der Waals surface area (Å²) in [7, 11) is -3.65. The van der Waals surface area contributed by atoms with E-state index in [2.05, 4.69) is 21.1 Å². The van der Waals surface area contributed by atoms with Crippen LogP contribution in [0.15, 0.2) is 53.8 Å². The molecule has 1 saturated heterocycles. The molecule has 1 aliphatic heterocycles. The summed E-state index contributed by atoms with van der Waals surface area (Å²) in [6.07, 6.45) is 7.76. The van der Waals surface area contributed by atoms with E-state index in [1.165, 1.54) is 10.9 Å². The molecule has 3 aromatic rings. The highest BCUT2D eigenvalue weighted by Gasteiger charge is 2.22. The molecule has 4 rings (SSSR count). The number of nitrogens with two attached hydrogens (primary N) is 1. The van der Waals surface area contributed by atoms with E-state index in [0.717, 1.165) is 43.6 Å². The number of hydrogen-bond donors (Lipinski definition) is 2. The number of sulfonamides is 1. The highest BCUT2D eigenvalue weighted by atomic mass is 32.2. The quantitative estimate of drug-likeness (QED) is 0.738. The lowest BCUT2D eigenvalue weighted by Gasteiger charge is -2.32. The van der Waals surface area contributed by atoms with Crippen molar-refractivity contribution in [3.63, 3.8) is 0 Å². The Bertz CT molecular complexity index is 1020. The number of H-pyrrole nitrogens is 1. The van der Waals surface area contributed by atoms with Gasteiger partial charge in [0.15, 0.2) is 0 Å². The Morgan fingerprint density at radius 3 is 2.81 bits per heavy atom. The number of nitrogens with zero attached hydrogens (tertiary/aromatic N) is 2. The van der Waals surface area contributed by atoms with Crippen LogP contribution in [-0.4, -0.2) is 36.4 Å². The second-order valence-electron chi connectivity index (χ2n) is 6.90. The van der Waals surface area contributed by atoms with Gasteiger partial charge in [0.1, 0.15) is 0 Å². The molecule has 6 nitrogen and oxygen atoms in total. The van der Waals surface area contributed by atoms with Crippen LogP contribution >= 0.6 is 0 Å². The molecule has 1 aromatic carbocycles. The molecule has 3 heterocycles. The van der Waals surface area contributed by atoms with Crippen molar-refractivity contribution in [2.75, 3.05) is 13.1 Å². The van der Waals surface area contributed by atoms with Crippen molar-refractivity contribution in [2.24, 2.45) is 5.14 Å². The maximum absolute atomic E-state index is 11.6. The first-order valence-electron chi connectivity index (χ1n) is 8.76. The molecule has 0 radical (unpaired) electrons. The molecule has 1 fully saturated rings. The number of fused-ring (bicyclic) bond motifs is 1. The number of benzene rings is 1. The Kier molecular flexibility index (Phi) is 4.52. The molecular formula is C19H22N4O2S. The van der Waals surface area contributed by atoms with E-state index in [0.29, 0.717) is 5.92 Å². The van der Waals surface area contributed by atoms with Gasteiger partial charge in [-0.25, -0.2) is 13.6 Å². The van der Waals surface area contributed by atoms with Crippen molar-refractivity contribution in [3.05, 3.63) is 60.0 Å². The Hall–Kier alpha value is -2.22. The van der Waals surface area contributed by atoms with Gasteiger partial charge in [0.2, 0.25) is 10.0 Å². The number of pyridine rings is 1. The molecule has 0 atom stereocenters. The lowest BCUT2D eigenvalue weighted by molar-refractivity contribution is 0.205. The van der Waals surface area contributed by atoms with E-state index in [4.69, 9.17) is 5.14 Å². The van der Waals surface area contributed by atoms with Crippen molar-refractivity contribution in [1.29, 1.82) is 0 Å². The van der Waals surface area contributed by atoms with Gasteiger partial charge in [-0.2, -0.15) is 0 Å². The lowest BCUT2D eigenvalue weighted by atomic mass is 9.89. The summed E-state index contributed by atoms with van der Waals surface area (Å²) in [6.45, 7) is 2.89. The summed E-state index contributed by atoms with van der Waals surface area (Å²) in [4.78, 5) is 10.1. The zero-order chi connectivity index (χ0) is 18.1. The number of aromatic amines is 1. The molecule has 136 valence electrons. The fourth-order valence-corrected chi connectivity index (χ4v) is 4.34. The molecule has 0 spiro atoms. The molecule has 0 amide bonds. The smallest absolute Gasteiger partial charge is 0.238 e. The number of nitrogens with one attached hydrogen (secondary N) is 1. The fourth-order valence-electron chi connectivity index (χ4n) is 3.77. The van der Waals surface area contributed by atoms with Gasteiger partial charge in [-0.1, -0.05) is 12.1 Å². The van der Waals surface area contributed by atoms with E-state index in [9.17, 15) is 8.42 Å². The molecule has 2 aromatic heterocycles. The normalized spacial score (nSPS) is 17.0. The monoisotopic (exact) mass is 370 g/mol. The Morgan fingerprint density at radius 1 is 1.23 bits per heavy atom. The van der Waals surface area contributed by atoms with Gasteiger partial charge >= 0.3 is 0 Å². The SMILES string of the molecule is NS(=O)(=O)c1cccc(C2CCN(Cc3c[nH]c4cnccc34)CC2)c1. The molecule has 1 aliphatic rings. The van der Waals surface area contributed by atoms with Gasteiger partial charge in [-0.05, 0) is 61.2 Å². The Balaban J connectivity index is 1.43. The second kappa shape index (κ2) is 6.83. The van der Waals surface area contributed by atoms with Gasteiger partial charge in [-0.15, -0.1) is 0 Å². The van der Waals surface area contributed by atoms with Crippen LogP contribution in [0, 0.1) is 0 Å². The van der Waals surface area contributed by atoms with Gasteiger partial charge in [-0.3, -0.25) is 9.88 Å². The Morgan fingerprint density at radius 2 is 2.04 bits per heavy atom. The average Bonchev–Trinajstić information content (AvgIpc) is 3.05. The number of aromatic nitrogens is 2. The molecule has 0 bridgehead atoms. The van der Waals surface area contributed by atoms with Crippen molar-refractivity contribution in [2.45, 2.75) is 30.2 Å². The van der Waals surface area contributed by atoms with E-state index in [1.54, 1.807) is 18.2 Å². The van der Waals surface area contributed by atoms with Gasteiger partial charge in [0, 0.05) is 24.3 Å².